The molecule has 0 aromatic heterocycles. The number of aromatic hydroxyl groups is 1. The van der Waals surface area contributed by atoms with E-state index in [4.69, 9.17) is 9.47 Å². The zero-order chi connectivity index (χ0) is 11.5. The van der Waals surface area contributed by atoms with E-state index >= 15 is 0 Å². The van der Waals surface area contributed by atoms with Gasteiger partial charge in [0.25, 0.3) is 0 Å². The monoisotopic (exact) mass is 227 g/mol. The lowest BCUT2D eigenvalue weighted by atomic mass is 10.1. The number of phenolic OH excluding ortho intramolecular Hbond substituents is 1. The summed E-state index contributed by atoms with van der Waals surface area (Å²) in [5, 5.41) is 12.5. The van der Waals surface area contributed by atoms with Crippen LogP contribution >= 0.6 is 0 Å². The van der Waals surface area contributed by atoms with Crippen molar-refractivity contribution in [3.63, 3.8) is 0 Å². The number of ether oxygens (including phenoxy) is 2. The van der Waals surface area contributed by atoms with Gasteiger partial charge < -0.3 is 19.9 Å². The molecule has 1 atom stereocenters. The van der Waals surface area contributed by atoms with Crippen LogP contribution in [0.15, 0.2) is 12.1 Å². The summed E-state index contributed by atoms with van der Waals surface area (Å²) in [4.78, 5) is 0. The van der Waals surface area contributed by atoms with E-state index in [1.54, 1.807) is 6.07 Å². The molecule has 1 fully saturated rings. The summed E-state index contributed by atoms with van der Waals surface area (Å²) in [5.41, 5.74) is 0.666. The minimum Gasteiger partial charge on any atom is -0.502 e. The first-order valence-corrected chi connectivity index (χ1v) is 5.11. The molecule has 1 aliphatic heterocycles. The molecule has 1 aliphatic rings. The number of halogens is 1. The summed E-state index contributed by atoms with van der Waals surface area (Å²) in [5.74, 6) is -1.03. The van der Waals surface area contributed by atoms with Gasteiger partial charge in [-0.15, -0.1) is 0 Å². The van der Waals surface area contributed by atoms with E-state index < -0.39 is 11.6 Å². The van der Waals surface area contributed by atoms with Crippen molar-refractivity contribution < 1.29 is 19.0 Å². The van der Waals surface area contributed by atoms with E-state index in [1.165, 1.54) is 13.2 Å². The van der Waals surface area contributed by atoms with Crippen LogP contribution < -0.4 is 10.1 Å². The third-order valence-corrected chi connectivity index (χ3v) is 2.57. The lowest BCUT2D eigenvalue weighted by Gasteiger charge is -2.24. The van der Waals surface area contributed by atoms with Crippen molar-refractivity contribution in [1.82, 2.24) is 5.32 Å². The van der Waals surface area contributed by atoms with Gasteiger partial charge in [-0.2, -0.15) is 0 Å². The van der Waals surface area contributed by atoms with Gasteiger partial charge >= 0.3 is 0 Å². The molecule has 0 bridgehead atoms. The molecule has 5 heteroatoms. The molecule has 2 N–H and O–H groups in total. The highest BCUT2D eigenvalue weighted by Crippen LogP contribution is 2.33. The van der Waals surface area contributed by atoms with Gasteiger partial charge in [0.1, 0.15) is 0 Å². The number of benzene rings is 1. The van der Waals surface area contributed by atoms with Crippen molar-refractivity contribution in [2.45, 2.75) is 6.10 Å². The minimum atomic E-state index is -0.691. The minimum absolute atomic E-state index is 0.129. The Morgan fingerprint density at radius 2 is 2.38 bits per heavy atom. The molecule has 1 heterocycles. The summed E-state index contributed by atoms with van der Waals surface area (Å²) < 4.78 is 23.8. The molecule has 0 aliphatic carbocycles. The number of morpholine rings is 1. The number of rotatable bonds is 2. The summed E-state index contributed by atoms with van der Waals surface area (Å²) in [6.07, 6.45) is -0.197. The summed E-state index contributed by atoms with van der Waals surface area (Å²) >= 11 is 0. The molecule has 0 amide bonds. The molecule has 1 aromatic carbocycles. The number of hydrogen-bond acceptors (Lipinski definition) is 4. The second kappa shape index (κ2) is 4.67. The van der Waals surface area contributed by atoms with Gasteiger partial charge in [0.15, 0.2) is 17.3 Å². The van der Waals surface area contributed by atoms with E-state index in [0.717, 1.165) is 6.54 Å². The van der Waals surface area contributed by atoms with E-state index in [0.29, 0.717) is 18.7 Å². The van der Waals surface area contributed by atoms with E-state index in [2.05, 4.69) is 5.32 Å². The Morgan fingerprint density at radius 3 is 3.00 bits per heavy atom. The molecule has 16 heavy (non-hydrogen) atoms. The van der Waals surface area contributed by atoms with Crippen molar-refractivity contribution in [3.05, 3.63) is 23.5 Å². The van der Waals surface area contributed by atoms with Crippen LogP contribution in [0.4, 0.5) is 4.39 Å². The molecule has 1 saturated heterocycles. The van der Waals surface area contributed by atoms with Crippen molar-refractivity contribution in [2.24, 2.45) is 0 Å². The van der Waals surface area contributed by atoms with Crippen molar-refractivity contribution >= 4 is 0 Å². The van der Waals surface area contributed by atoms with Crippen LogP contribution in [-0.4, -0.2) is 31.9 Å². The molecule has 1 unspecified atom stereocenters. The zero-order valence-corrected chi connectivity index (χ0v) is 9.00. The van der Waals surface area contributed by atoms with Crippen LogP contribution in [0, 0.1) is 5.82 Å². The maximum absolute atomic E-state index is 13.4. The van der Waals surface area contributed by atoms with Gasteiger partial charge in [0.2, 0.25) is 0 Å². The Balaban J connectivity index is 2.29. The van der Waals surface area contributed by atoms with Gasteiger partial charge in [-0.1, -0.05) is 0 Å². The molecular weight excluding hydrogens is 213 g/mol. The Labute approximate surface area is 93.0 Å². The lowest BCUT2D eigenvalue weighted by molar-refractivity contribution is 0.0273. The summed E-state index contributed by atoms with van der Waals surface area (Å²) in [6.45, 7) is 2.02. The quantitative estimate of drug-likeness (QED) is 0.797. The van der Waals surface area contributed by atoms with Crippen LogP contribution in [0.1, 0.15) is 11.7 Å². The zero-order valence-electron chi connectivity index (χ0n) is 9.00. The fourth-order valence-corrected chi connectivity index (χ4v) is 1.71. The van der Waals surface area contributed by atoms with Gasteiger partial charge in [0, 0.05) is 13.1 Å². The number of nitrogens with one attached hydrogen (secondary N) is 1. The second-order valence-corrected chi connectivity index (χ2v) is 3.62. The standard InChI is InChI=1S/C11H14FNO3/c1-15-9-5-7(4-8(12)11(9)14)10-6-13-2-3-16-10/h4-5,10,13-14H,2-3,6H2,1H3. The third kappa shape index (κ3) is 2.10. The SMILES string of the molecule is COc1cc(C2CNCCO2)cc(F)c1O. The van der Waals surface area contributed by atoms with Gasteiger partial charge in [-0.3, -0.25) is 0 Å². The lowest BCUT2D eigenvalue weighted by Crippen LogP contribution is -2.33. The largest absolute Gasteiger partial charge is 0.502 e. The van der Waals surface area contributed by atoms with E-state index in [-0.39, 0.29) is 11.9 Å². The van der Waals surface area contributed by atoms with Crippen LogP contribution in [0.2, 0.25) is 0 Å². The van der Waals surface area contributed by atoms with Gasteiger partial charge in [0.05, 0.1) is 19.8 Å². The van der Waals surface area contributed by atoms with Crippen molar-refractivity contribution in [1.29, 1.82) is 0 Å². The molecule has 4 nitrogen and oxygen atoms in total. The predicted molar refractivity (Wildman–Crippen MR) is 56.2 cm³/mol. The number of methoxy groups -OCH3 is 1. The van der Waals surface area contributed by atoms with Crippen molar-refractivity contribution in [2.75, 3.05) is 26.8 Å². The maximum atomic E-state index is 13.4. The van der Waals surface area contributed by atoms with Gasteiger partial charge in [-0.05, 0) is 17.7 Å². The Hall–Kier alpha value is -1.33. The maximum Gasteiger partial charge on any atom is 0.194 e. The first-order chi connectivity index (χ1) is 7.72. The van der Waals surface area contributed by atoms with Crippen molar-refractivity contribution in [3.8, 4) is 11.5 Å². The second-order valence-electron chi connectivity index (χ2n) is 3.62. The Kier molecular flexibility index (Phi) is 3.26. The molecule has 0 radical (unpaired) electrons. The summed E-state index contributed by atoms with van der Waals surface area (Å²) in [7, 11) is 1.39. The first-order valence-electron chi connectivity index (χ1n) is 5.11. The normalized spacial score (nSPS) is 20.8. The highest BCUT2D eigenvalue weighted by Gasteiger charge is 2.19. The fourth-order valence-electron chi connectivity index (χ4n) is 1.71. The van der Waals surface area contributed by atoms with Crippen LogP contribution in [0.3, 0.4) is 0 Å². The third-order valence-electron chi connectivity index (χ3n) is 2.57. The smallest absolute Gasteiger partial charge is 0.194 e. The summed E-state index contributed by atoms with van der Waals surface area (Å²) in [6, 6.07) is 2.87. The van der Waals surface area contributed by atoms with Crippen LogP contribution in [0.25, 0.3) is 0 Å². The molecular formula is C11H14FNO3. The fraction of sp³-hybridized carbons (Fsp3) is 0.455. The molecule has 1 aromatic rings. The Bertz CT molecular complexity index is 378. The van der Waals surface area contributed by atoms with Gasteiger partial charge in [-0.25, -0.2) is 4.39 Å². The Morgan fingerprint density at radius 1 is 1.56 bits per heavy atom. The average molecular weight is 227 g/mol. The number of phenols is 1. The topological polar surface area (TPSA) is 50.7 Å². The molecule has 0 spiro atoms. The van der Waals surface area contributed by atoms with Crippen LogP contribution in [-0.2, 0) is 4.74 Å². The molecule has 88 valence electrons. The highest BCUT2D eigenvalue weighted by atomic mass is 19.1. The molecule has 2 rings (SSSR count). The predicted octanol–water partition coefficient (Wildman–Crippen LogP) is 1.20. The first kappa shape index (κ1) is 11.2. The average Bonchev–Trinajstić information content (AvgIpc) is 2.33. The van der Waals surface area contributed by atoms with E-state index in [1.807, 2.05) is 0 Å². The van der Waals surface area contributed by atoms with Crippen LogP contribution in [0.5, 0.6) is 11.5 Å². The highest BCUT2D eigenvalue weighted by molar-refractivity contribution is 5.43. The molecule has 0 saturated carbocycles. The van der Waals surface area contributed by atoms with E-state index in [9.17, 15) is 9.50 Å². The number of hydrogen-bond donors (Lipinski definition) is 2.